The number of likely N-dealkylation sites (tertiary alicyclic amines) is 1. The highest BCUT2D eigenvalue weighted by Crippen LogP contribution is 2.35. The van der Waals surface area contributed by atoms with Crippen molar-refractivity contribution >= 4 is 40.2 Å². The van der Waals surface area contributed by atoms with Gasteiger partial charge in [-0.15, -0.1) is 0 Å². The lowest BCUT2D eigenvalue weighted by Gasteiger charge is -2.23. The van der Waals surface area contributed by atoms with Gasteiger partial charge in [0.05, 0.1) is 29.3 Å². The second kappa shape index (κ2) is 9.24. The van der Waals surface area contributed by atoms with E-state index in [1.165, 1.54) is 4.90 Å². The first-order valence-corrected chi connectivity index (χ1v) is 11.2. The fourth-order valence-electron chi connectivity index (χ4n) is 4.43. The Labute approximate surface area is 190 Å². The van der Waals surface area contributed by atoms with E-state index in [2.05, 4.69) is 9.97 Å². The monoisotopic (exact) mass is 456 g/mol. The number of rotatable bonds is 7. The molecule has 1 fully saturated rings. The van der Waals surface area contributed by atoms with E-state index in [1.54, 1.807) is 23.1 Å². The van der Waals surface area contributed by atoms with Crippen LogP contribution in [0, 0.1) is 11.8 Å². The molecule has 1 aliphatic heterocycles. The number of aromatic nitrogens is 2. The zero-order chi connectivity index (χ0) is 22.8. The molecular formula is C23H25ClN4O4. The zero-order valence-electron chi connectivity index (χ0n) is 17.8. The van der Waals surface area contributed by atoms with Crippen molar-refractivity contribution in [1.29, 1.82) is 0 Å². The van der Waals surface area contributed by atoms with Crippen LogP contribution in [0.25, 0.3) is 10.9 Å². The summed E-state index contributed by atoms with van der Waals surface area (Å²) >= 11 is 6.02. The van der Waals surface area contributed by atoms with Gasteiger partial charge in [-0.1, -0.05) is 30.7 Å². The van der Waals surface area contributed by atoms with Gasteiger partial charge in [0, 0.05) is 24.5 Å². The summed E-state index contributed by atoms with van der Waals surface area (Å²) in [6.07, 6.45) is 5.78. The van der Waals surface area contributed by atoms with Crippen molar-refractivity contribution in [2.45, 2.75) is 39.2 Å². The molecule has 0 saturated carbocycles. The number of aromatic amines is 1. The van der Waals surface area contributed by atoms with Crippen LogP contribution in [-0.4, -0.2) is 50.6 Å². The first kappa shape index (κ1) is 22.2. The lowest BCUT2D eigenvalue weighted by molar-refractivity contribution is -0.141. The largest absolute Gasteiger partial charge is 0.335 e. The third-order valence-corrected chi connectivity index (χ3v) is 6.29. The summed E-state index contributed by atoms with van der Waals surface area (Å²) in [6.45, 7) is 2.61. The number of hydrogen-bond donors (Lipinski definition) is 1. The number of halogens is 1. The Bertz CT molecular complexity index is 1130. The van der Waals surface area contributed by atoms with Gasteiger partial charge in [0.1, 0.15) is 5.82 Å². The number of carbonyl (C=O) groups is 3. The molecule has 2 heterocycles. The first-order valence-electron chi connectivity index (χ1n) is 10.9. The molecule has 2 unspecified atom stereocenters. The molecule has 1 aliphatic carbocycles. The Hall–Kier alpha value is -3.00. The van der Waals surface area contributed by atoms with Crippen molar-refractivity contribution in [2.75, 3.05) is 13.1 Å². The molecule has 8 nitrogen and oxygen atoms in total. The van der Waals surface area contributed by atoms with Gasteiger partial charge in [-0.05, 0) is 37.5 Å². The normalized spacial score (nSPS) is 20.1. The summed E-state index contributed by atoms with van der Waals surface area (Å²) in [7, 11) is 0. The molecular weight excluding hydrogens is 432 g/mol. The Morgan fingerprint density at radius 3 is 2.53 bits per heavy atom. The quantitative estimate of drug-likeness (QED) is 0.509. The highest BCUT2D eigenvalue weighted by Gasteiger charge is 2.47. The zero-order valence-corrected chi connectivity index (χ0v) is 18.6. The van der Waals surface area contributed by atoms with Crippen molar-refractivity contribution in [3.63, 3.8) is 0 Å². The van der Waals surface area contributed by atoms with E-state index < -0.39 is 0 Å². The summed E-state index contributed by atoms with van der Waals surface area (Å²) in [5.74, 6) is -0.805. The van der Waals surface area contributed by atoms with Gasteiger partial charge < -0.3 is 9.88 Å². The molecule has 1 aromatic heterocycles. The molecule has 1 N–H and O–H groups in total. The average molecular weight is 457 g/mol. The maximum Gasteiger partial charge on any atom is 0.258 e. The maximum atomic E-state index is 12.9. The van der Waals surface area contributed by atoms with E-state index in [9.17, 15) is 19.2 Å². The van der Waals surface area contributed by atoms with E-state index in [0.29, 0.717) is 47.6 Å². The summed E-state index contributed by atoms with van der Waals surface area (Å²) in [6, 6.07) is 4.85. The third-order valence-electron chi connectivity index (χ3n) is 6.05. The molecule has 4 rings (SSSR count). The number of fused-ring (bicyclic) bond motifs is 2. The fourth-order valence-corrected chi connectivity index (χ4v) is 4.60. The molecule has 0 bridgehead atoms. The van der Waals surface area contributed by atoms with E-state index in [1.807, 2.05) is 19.1 Å². The summed E-state index contributed by atoms with van der Waals surface area (Å²) in [5, 5.41) is 0.896. The molecule has 9 heteroatoms. The van der Waals surface area contributed by atoms with E-state index in [0.717, 1.165) is 0 Å². The molecule has 1 aromatic carbocycles. The second-order valence-electron chi connectivity index (χ2n) is 8.22. The molecule has 0 radical (unpaired) electrons. The number of nitrogens with zero attached hydrogens (tertiary/aromatic N) is 3. The van der Waals surface area contributed by atoms with E-state index in [4.69, 9.17) is 11.6 Å². The van der Waals surface area contributed by atoms with Gasteiger partial charge in [0.15, 0.2) is 0 Å². The summed E-state index contributed by atoms with van der Waals surface area (Å²) in [4.78, 5) is 60.6. The smallest absolute Gasteiger partial charge is 0.258 e. The predicted octanol–water partition coefficient (Wildman–Crippen LogP) is 2.66. The number of nitrogens with one attached hydrogen (secondary N) is 1. The third kappa shape index (κ3) is 4.32. The number of amides is 3. The van der Waals surface area contributed by atoms with Gasteiger partial charge in [0.2, 0.25) is 17.7 Å². The maximum absolute atomic E-state index is 12.9. The fraction of sp³-hybridized carbons (Fsp3) is 0.435. The minimum atomic E-state index is -0.298. The van der Waals surface area contributed by atoms with E-state index in [-0.39, 0.29) is 54.6 Å². The molecule has 1 saturated heterocycles. The molecule has 168 valence electrons. The van der Waals surface area contributed by atoms with Crippen LogP contribution in [0.1, 0.15) is 38.4 Å². The number of imide groups is 1. The minimum absolute atomic E-state index is 0.0357. The SMILES string of the molecule is CCCN(Cc1nc2cc(Cl)ccc2c(=O)[nH]1)C(=O)CCN1C(=O)C2CC=CCC2C1=O. The van der Waals surface area contributed by atoms with Crippen LogP contribution in [-0.2, 0) is 20.9 Å². The van der Waals surface area contributed by atoms with Crippen LogP contribution < -0.4 is 5.56 Å². The van der Waals surface area contributed by atoms with Crippen molar-refractivity contribution in [3.8, 4) is 0 Å². The lowest BCUT2D eigenvalue weighted by Crippen LogP contribution is -2.38. The second-order valence-corrected chi connectivity index (χ2v) is 8.66. The Morgan fingerprint density at radius 2 is 1.88 bits per heavy atom. The number of benzene rings is 1. The van der Waals surface area contributed by atoms with Crippen LogP contribution in [0.15, 0.2) is 35.1 Å². The van der Waals surface area contributed by atoms with Crippen molar-refractivity contribution in [2.24, 2.45) is 11.8 Å². The standard InChI is InChI=1S/C23H25ClN4O4/c1-2-10-27(13-19-25-18-12-14(24)7-8-17(18)21(30)26-19)20(29)9-11-28-22(31)15-5-3-4-6-16(15)23(28)32/h3-4,7-8,12,15-16H,2,5-6,9-11,13H2,1H3,(H,25,26,30). The topological polar surface area (TPSA) is 103 Å². The molecule has 2 aliphatic rings. The Morgan fingerprint density at radius 1 is 1.19 bits per heavy atom. The Balaban J connectivity index is 1.45. The van der Waals surface area contributed by atoms with Gasteiger partial charge in [-0.2, -0.15) is 0 Å². The molecule has 2 atom stereocenters. The molecule has 0 spiro atoms. The summed E-state index contributed by atoms with van der Waals surface area (Å²) < 4.78 is 0. The van der Waals surface area contributed by atoms with Crippen LogP contribution in [0.4, 0.5) is 0 Å². The highest BCUT2D eigenvalue weighted by atomic mass is 35.5. The average Bonchev–Trinajstić information content (AvgIpc) is 3.01. The van der Waals surface area contributed by atoms with Crippen molar-refractivity contribution in [1.82, 2.24) is 19.8 Å². The number of allylic oxidation sites excluding steroid dienone is 2. The van der Waals surface area contributed by atoms with Crippen molar-refractivity contribution in [3.05, 3.63) is 51.6 Å². The molecule has 3 amide bonds. The predicted molar refractivity (Wildman–Crippen MR) is 120 cm³/mol. The van der Waals surface area contributed by atoms with E-state index >= 15 is 0 Å². The van der Waals surface area contributed by atoms with Crippen LogP contribution in [0.3, 0.4) is 0 Å². The van der Waals surface area contributed by atoms with Gasteiger partial charge in [0.25, 0.3) is 5.56 Å². The van der Waals surface area contributed by atoms with Crippen LogP contribution in [0.5, 0.6) is 0 Å². The summed E-state index contributed by atoms with van der Waals surface area (Å²) in [5.41, 5.74) is 0.166. The Kier molecular flexibility index (Phi) is 6.41. The van der Waals surface area contributed by atoms with Gasteiger partial charge in [-0.25, -0.2) is 4.98 Å². The lowest BCUT2D eigenvalue weighted by atomic mass is 9.85. The number of carbonyl (C=O) groups excluding carboxylic acids is 3. The van der Waals surface area contributed by atoms with Gasteiger partial charge >= 0.3 is 0 Å². The molecule has 32 heavy (non-hydrogen) atoms. The highest BCUT2D eigenvalue weighted by molar-refractivity contribution is 6.31. The molecule has 2 aromatic rings. The number of hydrogen-bond acceptors (Lipinski definition) is 5. The van der Waals surface area contributed by atoms with Gasteiger partial charge in [-0.3, -0.25) is 24.1 Å². The minimum Gasteiger partial charge on any atom is -0.335 e. The first-order chi connectivity index (χ1) is 15.4. The van der Waals surface area contributed by atoms with Crippen molar-refractivity contribution < 1.29 is 14.4 Å². The number of H-pyrrole nitrogens is 1. The van der Waals surface area contributed by atoms with Crippen LogP contribution in [0.2, 0.25) is 5.02 Å². The van der Waals surface area contributed by atoms with Crippen LogP contribution >= 0.6 is 11.6 Å².